The fourth-order valence-electron chi connectivity index (χ4n) is 4.45. The van der Waals surface area contributed by atoms with Gasteiger partial charge in [-0.3, -0.25) is 9.59 Å². The number of aliphatic hydroxyl groups is 1. The number of Topliss-reactive ketones (excluding diaryl/α,β-unsaturated/α-hetero) is 1. The molecular weight excluding hydrogens is 406 g/mol. The second-order valence-electron chi connectivity index (χ2n) is 9.64. The van der Waals surface area contributed by atoms with Crippen LogP contribution in [0.2, 0.25) is 0 Å². The zero-order valence-corrected chi connectivity index (χ0v) is 19.8. The number of phenols is 1. The van der Waals surface area contributed by atoms with Crippen molar-refractivity contribution in [3.63, 3.8) is 0 Å². The summed E-state index contributed by atoms with van der Waals surface area (Å²) in [5.74, 6) is 0.0566. The lowest BCUT2D eigenvalue weighted by Gasteiger charge is -2.40. The summed E-state index contributed by atoms with van der Waals surface area (Å²) in [7, 11) is 0. The molecular formula is C26H35NO5. The quantitative estimate of drug-likeness (QED) is 0.582. The van der Waals surface area contributed by atoms with Gasteiger partial charge < -0.3 is 19.8 Å². The lowest BCUT2D eigenvalue weighted by atomic mass is 9.84. The van der Waals surface area contributed by atoms with Crippen LogP contribution >= 0.6 is 0 Å². The van der Waals surface area contributed by atoms with Crippen molar-refractivity contribution in [1.29, 1.82) is 0 Å². The van der Waals surface area contributed by atoms with Crippen LogP contribution in [0.5, 0.6) is 11.5 Å². The number of carbonyl (C=O) groups excluding carboxylic acids is 2. The highest BCUT2D eigenvalue weighted by molar-refractivity contribution is 6.01. The molecule has 0 aromatic heterocycles. The van der Waals surface area contributed by atoms with E-state index in [4.69, 9.17) is 4.74 Å². The molecule has 32 heavy (non-hydrogen) atoms. The van der Waals surface area contributed by atoms with E-state index >= 15 is 0 Å². The minimum atomic E-state index is -0.831. The number of aliphatic hydroxyl groups excluding tert-OH is 1. The molecule has 2 aliphatic heterocycles. The van der Waals surface area contributed by atoms with E-state index in [0.29, 0.717) is 28.9 Å². The second kappa shape index (κ2) is 9.49. The largest absolute Gasteiger partial charge is 0.508 e. The first-order chi connectivity index (χ1) is 15.0. The van der Waals surface area contributed by atoms with Gasteiger partial charge in [0.15, 0.2) is 0 Å². The van der Waals surface area contributed by atoms with E-state index in [0.717, 1.165) is 19.3 Å². The fraction of sp³-hybridized carbons (Fsp3) is 0.538. The van der Waals surface area contributed by atoms with Crippen molar-refractivity contribution in [1.82, 2.24) is 4.90 Å². The minimum absolute atomic E-state index is 0.0275. The van der Waals surface area contributed by atoms with Gasteiger partial charge in [-0.25, -0.2) is 0 Å². The number of phenolic OH excluding ortho intramolecular Hbond substituents is 1. The topological polar surface area (TPSA) is 87.1 Å². The van der Waals surface area contributed by atoms with Crippen LogP contribution in [0.15, 0.2) is 29.4 Å². The lowest BCUT2D eigenvalue weighted by Crippen LogP contribution is -2.49. The standard InChI is InChI=1S/C26H35NO5/c1-16(2)8-6-9-17(3)10-7-11-26(5)23(30)13-20-22(29)12-19-21(24(20)32-26)15-27(25(19)31)14-18(4)28/h8,10,12,23,29-30H,6-7,9,11,13-15H2,1-5H3. The molecule has 0 bridgehead atoms. The molecule has 2 heterocycles. The molecule has 1 amide bonds. The number of allylic oxidation sites excluding steroid dienone is 4. The van der Waals surface area contributed by atoms with Crippen LogP contribution in [0.25, 0.3) is 0 Å². The van der Waals surface area contributed by atoms with Gasteiger partial charge in [-0.1, -0.05) is 23.3 Å². The Hall–Kier alpha value is -2.60. The normalized spacial score (nSPS) is 22.3. The molecule has 3 rings (SSSR count). The molecule has 0 spiro atoms. The highest BCUT2D eigenvalue weighted by atomic mass is 16.5. The van der Waals surface area contributed by atoms with Crippen LogP contribution in [0.3, 0.4) is 0 Å². The number of nitrogens with zero attached hydrogens (tertiary/aromatic N) is 1. The Bertz CT molecular complexity index is 973. The van der Waals surface area contributed by atoms with E-state index < -0.39 is 11.7 Å². The molecule has 2 aliphatic rings. The number of rotatable bonds is 8. The number of carbonyl (C=O) groups is 2. The number of ketones is 1. The average Bonchev–Trinajstić information content (AvgIpc) is 2.98. The van der Waals surface area contributed by atoms with Crippen molar-refractivity contribution in [2.75, 3.05) is 6.54 Å². The molecule has 2 N–H and O–H groups in total. The molecule has 0 radical (unpaired) electrons. The molecule has 0 fully saturated rings. The number of hydrogen-bond donors (Lipinski definition) is 2. The summed E-state index contributed by atoms with van der Waals surface area (Å²) in [6.07, 6.45) is 7.31. The zero-order chi connectivity index (χ0) is 23.6. The van der Waals surface area contributed by atoms with Gasteiger partial charge in [0.05, 0.1) is 24.8 Å². The minimum Gasteiger partial charge on any atom is -0.508 e. The molecule has 0 aliphatic carbocycles. The van der Waals surface area contributed by atoms with E-state index in [1.807, 2.05) is 6.92 Å². The van der Waals surface area contributed by atoms with Crippen molar-refractivity contribution < 1.29 is 24.5 Å². The van der Waals surface area contributed by atoms with Crippen LogP contribution in [0.1, 0.15) is 81.8 Å². The van der Waals surface area contributed by atoms with E-state index in [1.54, 1.807) is 0 Å². The van der Waals surface area contributed by atoms with Crippen molar-refractivity contribution in [2.45, 2.75) is 85.0 Å². The molecule has 174 valence electrons. The summed E-state index contributed by atoms with van der Waals surface area (Å²) in [6, 6.07) is 1.44. The Morgan fingerprint density at radius 1 is 1.22 bits per heavy atom. The van der Waals surface area contributed by atoms with Crippen LogP contribution in [0, 0.1) is 0 Å². The highest BCUT2D eigenvalue weighted by Gasteiger charge is 2.44. The van der Waals surface area contributed by atoms with Crippen LogP contribution < -0.4 is 4.74 Å². The number of aromatic hydroxyl groups is 1. The summed E-state index contributed by atoms with van der Waals surface area (Å²) in [5.41, 5.74) is 3.38. The van der Waals surface area contributed by atoms with Crippen molar-refractivity contribution in [2.24, 2.45) is 0 Å². The van der Waals surface area contributed by atoms with Gasteiger partial charge in [-0.05, 0) is 66.4 Å². The maximum atomic E-state index is 12.7. The predicted molar refractivity (Wildman–Crippen MR) is 124 cm³/mol. The first-order valence-corrected chi connectivity index (χ1v) is 11.3. The first-order valence-electron chi connectivity index (χ1n) is 11.3. The lowest BCUT2D eigenvalue weighted by molar-refractivity contribution is -0.117. The van der Waals surface area contributed by atoms with Crippen LogP contribution in [0.4, 0.5) is 0 Å². The maximum absolute atomic E-state index is 12.7. The SMILES string of the molecule is CC(=O)CN1Cc2c(cc(O)c3c2OC(C)(CCC=C(C)CCC=C(C)C)C(O)C3)C1=O. The Balaban J connectivity index is 1.78. The van der Waals surface area contributed by atoms with Crippen molar-refractivity contribution >= 4 is 11.7 Å². The van der Waals surface area contributed by atoms with Gasteiger partial charge in [0.1, 0.15) is 22.9 Å². The van der Waals surface area contributed by atoms with E-state index in [1.165, 1.54) is 29.0 Å². The summed E-state index contributed by atoms with van der Waals surface area (Å²) in [4.78, 5) is 25.7. The molecule has 6 nitrogen and oxygen atoms in total. The summed E-state index contributed by atoms with van der Waals surface area (Å²) < 4.78 is 6.34. The number of amides is 1. The third-order valence-electron chi connectivity index (χ3n) is 6.41. The highest BCUT2D eigenvalue weighted by Crippen LogP contribution is 2.46. The third-order valence-corrected chi connectivity index (χ3v) is 6.41. The monoisotopic (exact) mass is 441 g/mol. The molecule has 2 unspecified atom stereocenters. The summed E-state index contributed by atoms with van der Waals surface area (Å²) in [5, 5.41) is 21.4. The van der Waals surface area contributed by atoms with E-state index in [2.05, 4.69) is 32.9 Å². The third kappa shape index (κ3) is 5.07. The Morgan fingerprint density at radius 2 is 1.94 bits per heavy atom. The predicted octanol–water partition coefficient (Wildman–Crippen LogP) is 4.46. The molecule has 6 heteroatoms. The average molecular weight is 442 g/mol. The van der Waals surface area contributed by atoms with Crippen molar-refractivity contribution in [3.05, 3.63) is 46.1 Å². The van der Waals surface area contributed by atoms with Crippen LogP contribution in [-0.4, -0.2) is 45.1 Å². The van der Waals surface area contributed by atoms with Gasteiger partial charge in [-0.15, -0.1) is 0 Å². The summed E-state index contributed by atoms with van der Waals surface area (Å²) >= 11 is 0. The van der Waals surface area contributed by atoms with Gasteiger partial charge >= 0.3 is 0 Å². The van der Waals surface area contributed by atoms with E-state index in [-0.39, 0.29) is 37.0 Å². The first kappa shape index (κ1) is 24.1. The Morgan fingerprint density at radius 3 is 2.59 bits per heavy atom. The van der Waals surface area contributed by atoms with Gasteiger partial charge in [0.25, 0.3) is 5.91 Å². The Labute approximate surface area is 190 Å². The van der Waals surface area contributed by atoms with E-state index in [9.17, 15) is 19.8 Å². The number of benzene rings is 1. The second-order valence-corrected chi connectivity index (χ2v) is 9.64. The maximum Gasteiger partial charge on any atom is 0.255 e. The number of fused-ring (bicyclic) bond motifs is 3. The fourth-order valence-corrected chi connectivity index (χ4v) is 4.45. The Kier molecular flexibility index (Phi) is 7.13. The molecule has 1 aromatic carbocycles. The number of ether oxygens (including phenoxy) is 1. The zero-order valence-electron chi connectivity index (χ0n) is 19.8. The molecule has 0 saturated carbocycles. The molecule has 0 saturated heterocycles. The van der Waals surface area contributed by atoms with Gasteiger partial charge in [-0.2, -0.15) is 0 Å². The number of hydrogen-bond acceptors (Lipinski definition) is 5. The molecule has 1 aromatic rings. The van der Waals surface area contributed by atoms with Crippen LogP contribution in [-0.2, 0) is 17.8 Å². The smallest absolute Gasteiger partial charge is 0.255 e. The summed E-state index contributed by atoms with van der Waals surface area (Å²) in [6.45, 7) is 9.94. The molecule has 2 atom stereocenters. The van der Waals surface area contributed by atoms with Crippen molar-refractivity contribution in [3.8, 4) is 11.5 Å². The van der Waals surface area contributed by atoms with Gasteiger partial charge in [0, 0.05) is 17.5 Å². The van der Waals surface area contributed by atoms with Gasteiger partial charge in [0.2, 0.25) is 0 Å².